The van der Waals surface area contributed by atoms with Crippen LogP contribution < -0.4 is 4.90 Å². The SMILES string of the molecule is c1ccc(-c2cc(-c3cccc(N4c5ccccc5-c5ccccc5-n5c4nc4ccccc45)c3)cc(-c3nc(-c4ccccc4)cc(-c4ccccc4)n3)c2)cc1. The van der Waals surface area contributed by atoms with E-state index in [1.165, 1.54) is 0 Å². The fraction of sp³-hybridized carbons (Fsp3) is 0. The summed E-state index contributed by atoms with van der Waals surface area (Å²) in [5.74, 6) is 1.51. The highest BCUT2D eigenvalue weighted by molar-refractivity contribution is 5.97. The molecule has 1 aliphatic heterocycles. The molecule has 0 spiro atoms. The van der Waals surface area contributed by atoms with Gasteiger partial charge in [0.15, 0.2) is 5.82 Å². The summed E-state index contributed by atoms with van der Waals surface area (Å²) in [5.41, 5.74) is 16.6. The largest absolute Gasteiger partial charge is 0.280 e. The third kappa shape index (κ3) is 5.85. The molecule has 11 rings (SSSR count). The van der Waals surface area contributed by atoms with E-state index >= 15 is 0 Å². The molecule has 0 N–H and O–H groups in total. The summed E-state index contributed by atoms with van der Waals surface area (Å²) in [6.45, 7) is 0. The molecule has 0 fully saturated rings. The summed E-state index contributed by atoms with van der Waals surface area (Å²) in [7, 11) is 0. The molecular weight excluding hydrogens is 707 g/mol. The van der Waals surface area contributed by atoms with E-state index in [1.807, 2.05) is 12.1 Å². The molecule has 1 aliphatic rings. The van der Waals surface area contributed by atoms with Gasteiger partial charge in [0, 0.05) is 33.5 Å². The lowest BCUT2D eigenvalue weighted by Crippen LogP contribution is -2.14. The number of imidazole rings is 1. The number of hydrogen-bond donors (Lipinski definition) is 0. The van der Waals surface area contributed by atoms with Gasteiger partial charge in [0.05, 0.1) is 33.8 Å². The highest BCUT2D eigenvalue weighted by atomic mass is 15.3. The molecule has 272 valence electrons. The summed E-state index contributed by atoms with van der Waals surface area (Å²) in [5, 5.41) is 0. The standard InChI is InChI=1S/C53H35N5/c1-4-17-36(18-5-1)40-31-41(33-42(32-40)52-54-47(37-19-6-2-7-20-37)35-48(55-52)38-21-8-3-9-22-38)39-23-16-24-43(34-39)57-49-28-13-10-25-44(49)45-26-11-14-29-50(45)58-51-30-15-12-27-46(51)56-53(57)58/h1-35H. The number of benzene rings is 8. The van der Waals surface area contributed by atoms with E-state index in [0.717, 1.165) is 95.5 Å². The van der Waals surface area contributed by atoms with Gasteiger partial charge >= 0.3 is 0 Å². The fourth-order valence-electron chi connectivity index (χ4n) is 8.19. The molecule has 0 radical (unpaired) electrons. The van der Waals surface area contributed by atoms with Crippen molar-refractivity contribution in [3.8, 4) is 73.0 Å². The Labute approximate surface area is 336 Å². The maximum Gasteiger partial charge on any atom is 0.220 e. The Balaban J connectivity index is 1.12. The predicted molar refractivity (Wildman–Crippen MR) is 238 cm³/mol. The van der Waals surface area contributed by atoms with Crippen LogP contribution in [-0.4, -0.2) is 19.5 Å². The molecular formula is C53H35N5. The Morgan fingerprint density at radius 1 is 0.328 bits per heavy atom. The molecule has 58 heavy (non-hydrogen) atoms. The van der Waals surface area contributed by atoms with Crippen molar-refractivity contribution >= 4 is 28.4 Å². The number of para-hydroxylation sites is 4. The summed E-state index contributed by atoms with van der Waals surface area (Å²) >= 11 is 0. The molecule has 0 aliphatic carbocycles. The van der Waals surface area contributed by atoms with Crippen LogP contribution in [0.15, 0.2) is 212 Å². The molecule has 2 aromatic heterocycles. The number of nitrogens with zero attached hydrogens (tertiary/aromatic N) is 5. The Bertz CT molecular complexity index is 3060. The number of hydrogen-bond acceptors (Lipinski definition) is 4. The summed E-state index contributed by atoms with van der Waals surface area (Å²) < 4.78 is 2.30. The van der Waals surface area contributed by atoms with Gasteiger partial charge in [-0.2, -0.15) is 0 Å². The van der Waals surface area contributed by atoms with Gasteiger partial charge in [-0.1, -0.05) is 152 Å². The van der Waals surface area contributed by atoms with Crippen LogP contribution in [0.2, 0.25) is 0 Å². The van der Waals surface area contributed by atoms with Crippen LogP contribution in [0.1, 0.15) is 0 Å². The van der Waals surface area contributed by atoms with Crippen LogP contribution in [0.5, 0.6) is 0 Å². The predicted octanol–water partition coefficient (Wildman–Crippen LogP) is 13.6. The molecule has 0 saturated heterocycles. The smallest absolute Gasteiger partial charge is 0.220 e. The lowest BCUT2D eigenvalue weighted by atomic mass is 9.95. The quantitative estimate of drug-likeness (QED) is 0.170. The minimum Gasteiger partial charge on any atom is -0.280 e. The zero-order chi connectivity index (χ0) is 38.4. The van der Waals surface area contributed by atoms with Gasteiger partial charge in [0.2, 0.25) is 5.95 Å². The number of rotatable bonds is 6. The van der Waals surface area contributed by atoms with E-state index < -0.39 is 0 Å². The van der Waals surface area contributed by atoms with Crippen LogP contribution in [0.4, 0.5) is 17.3 Å². The van der Waals surface area contributed by atoms with Gasteiger partial charge in [-0.25, -0.2) is 15.0 Å². The average Bonchev–Trinajstić information content (AvgIpc) is 3.63. The van der Waals surface area contributed by atoms with Crippen molar-refractivity contribution in [2.75, 3.05) is 4.90 Å². The second-order valence-corrected chi connectivity index (χ2v) is 14.5. The van der Waals surface area contributed by atoms with E-state index in [4.69, 9.17) is 15.0 Å². The average molecular weight is 742 g/mol. The molecule has 0 amide bonds. The molecule has 0 saturated carbocycles. The zero-order valence-corrected chi connectivity index (χ0v) is 31.4. The number of fused-ring (bicyclic) bond motifs is 7. The van der Waals surface area contributed by atoms with Crippen LogP contribution in [-0.2, 0) is 0 Å². The Kier molecular flexibility index (Phi) is 8.07. The second-order valence-electron chi connectivity index (χ2n) is 14.5. The monoisotopic (exact) mass is 741 g/mol. The van der Waals surface area contributed by atoms with Gasteiger partial charge in [-0.15, -0.1) is 0 Å². The minimum atomic E-state index is 0.670. The van der Waals surface area contributed by atoms with Gasteiger partial charge in [-0.05, 0) is 82.9 Å². The summed E-state index contributed by atoms with van der Waals surface area (Å²) in [6, 6.07) is 74.5. The normalized spacial score (nSPS) is 11.8. The minimum absolute atomic E-state index is 0.670. The summed E-state index contributed by atoms with van der Waals surface area (Å²) in [4.78, 5) is 18.1. The summed E-state index contributed by atoms with van der Waals surface area (Å²) in [6.07, 6.45) is 0. The maximum absolute atomic E-state index is 5.32. The molecule has 5 heteroatoms. The number of anilines is 3. The van der Waals surface area contributed by atoms with Crippen molar-refractivity contribution in [1.29, 1.82) is 0 Å². The highest BCUT2D eigenvalue weighted by Crippen LogP contribution is 2.48. The van der Waals surface area contributed by atoms with E-state index in [-0.39, 0.29) is 0 Å². The maximum atomic E-state index is 5.32. The van der Waals surface area contributed by atoms with Gasteiger partial charge in [0.1, 0.15) is 0 Å². The lowest BCUT2D eigenvalue weighted by Gasteiger charge is -2.25. The first-order valence-electron chi connectivity index (χ1n) is 19.5. The molecule has 3 heterocycles. The molecule has 5 nitrogen and oxygen atoms in total. The highest BCUT2D eigenvalue weighted by Gasteiger charge is 2.29. The Morgan fingerprint density at radius 2 is 0.845 bits per heavy atom. The van der Waals surface area contributed by atoms with Crippen LogP contribution in [0.25, 0.3) is 84.0 Å². The van der Waals surface area contributed by atoms with Crippen molar-refractivity contribution in [2.45, 2.75) is 0 Å². The van der Waals surface area contributed by atoms with E-state index in [1.54, 1.807) is 0 Å². The van der Waals surface area contributed by atoms with Crippen molar-refractivity contribution in [2.24, 2.45) is 0 Å². The molecule has 8 aromatic carbocycles. The number of aromatic nitrogens is 4. The van der Waals surface area contributed by atoms with Crippen LogP contribution in [0, 0.1) is 0 Å². The van der Waals surface area contributed by atoms with Crippen molar-refractivity contribution < 1.29 is 0 Å². The third-order valence-corrected chi connectivity index (χ3v) is 10.9. The van der Waals surface area contributed by atoms with E-state index in [9.17, 15) is 0 Å². The van der Waals surface area contributed by atoms with Gasteiger partial charge in [0.25, 0.3) is 0 Å². The van der Waals surface area contributed by atoms with Crippen LogP contribution >= 0.6 is 0 Å². The second kappa shape index (κ2) is 14.0. The van der Waals surface area contributed by atoms with Crippen molar-refractivity contribution in [3.63, 3.8) is 0 Å². The van der Waals surface area contributed by atoms with Crippen LogP contribution in [0.3, 0.4) is 0 Å². The van der Waals surface area contributed by atoms with E-state index in [0.29, 0.717) is 5.82 Å². The molecule has 0 bridgehead atoms. The van der Waals surface area contributed by atoms with Gasteiger partial charge < -0.3 is 0 Å². The molecule has 10 aromatic rings. The molecule has 0 atom stereocenters. The lowest BCUT2D eigenvalue weighted by molar-refractivity contribution is 1.05. The Hall–Kier alpha value is -7.89. The Morgan fingerprint density at radius 3 is 1.53 bits per heavy atom. The first-order chi connectivity index (χ1) is 28.7. The third-order valence-electron chi connectivity index (χ3n) is 10.9. The molecule has 0 unspecified atom stereocenters. The van der Waals surface area contributed by atoms with Crippen molar-refractivity contribution in [3.05, 3.63) is 212 Å². The first kappa shape index (κ1) is 33.4. The fourth-order valence-corrected chi connectivity index (χ4v) is 8.19. The van der Waals surface area contributed by atoms with Crippen molar-refractivity contribution in [1.82, 2.24) is 19.5 Å². The topological polar surface area (TPSA) is 46.8 Å². The zero-order valence-electron chi connectivity index (χ0n) is 31.4. The first-order valence-corrected chi connectivity index (χ1v) is 19.5. The van der Waals surface area contributed by atoms with E-state index in [2.05, 4.69) is 210 Å². The van der Waals surface area contributed by atoms with Gasteiger partial charge in [-0.3, -0.25) is 9.47 Å².